The van der Waals surface area contributed by atoms with Crippen molar-refractivity contribution in [3.63, 3.8) is 0 Å². The Morgan fingerprint density at radius 2 is 1.73 bits per heavy atom. The fraction of sp³-hybridized carbons (Fsp3) is 0.414. The van der Waals surface area contributed by atoms with Gasteiger partial charge in [-0.1, -0.05) is 69.2 Å². The summed E-state index contributed by atoms with van der Waals surface area (Å²) >= 11 is 8.50. The van der Waals surface area contributed by atoms with E-state index in [9.17, 15) is 9.59 Å². The van der Waals surface area contributed by atoms with Crippen molar-refractivity contribution in [2.75, 3.05) is 13.1 Å². The van der Waals surface area contributed by atoms with E-state index in [2.05, 4.69) is 41.3 Å². The van der Waals surface area contributed by atoms with Crippen LogP contribution in [0.4, 0.5) is 0 Å². The van der Waals surface area contributed by atoms with E-state index >= 15 is 0 Å². The molecule has 8 heteroatoms. The standard InChI is InChI=1S/C22H26ClN.C4H4O4.C2H4I.CH4.V/c1-22(2)11-6-12-24(15-22)21-14-19(16-7-4-3-5-8-16)18-10-9-17(23)13-20(18)21;5-3(6)1-2-4(7)8;1-2-3;;/h3-5,7-10,13,19,21H,6,11-12,14-15H2,1-2H3;1-2H,(H,5,6)(H,7,8);2H,1H3;1H4;/q;;-1;;/b;2-1-;;;/t19-,21+;;;;/m1..../s1/i3D,4D,5D,7D,8D;;;;. The maximum Gasteiger partial charge on any atom is 0.328 e. The van der Waals surface area contributed by atoms with Gasteiger partial charge in [0.05, 0.1) is 6.85 Å². The molecule has 2 aromatic rings. The summed E-state index contributed by atoms with van der Waals surface area (Å²) in [4.78, 5) is 21.6. The van der Waals surface area contributed by atoms with Crippen LogP contribution in [0.1, 0.15) is 83.0 Å². The van der Waals surface area contributed by atoms with Crippen LogP contribution in [0.3, 0.4) is 0 Å². The Labute approximate surface area is 259 Å². The number of piperidine rings is 1. The number of benzene rings is 2. The first kappa shape index (κ1) is 27.3. The molecule has 5 nitrogen and oxygen atoms in total. The number of carboxylic acids is 2. The average Bonchev–Trinajstić information content (AvgIpc) is 3.23. The van der Waals surface area contributed by atoms with Crippen molar-refractivity contribution in [3.05, 3.63) is 86.7 Å². The summed E-state index contributed by atoms with van der Waals surface area (Å²) in [7, 11) is 0. The van der Waals surface area contributed by atoms with E-state index in [1.165, 1.54) is 6.42 Å². The molecule has 2 atom stereocenters. The van der Waals surface area contributed by atoms with Gasteiger partial charge in [0.25, 0.3) is 0 Å². The van der Waals surface area contributed by atoms with E-state index in [4.69, 9.17) is 28.7 Å². The minimum absolute atomic E-state index is 0. The molecule has 1 radical (unpaired) electrons. The molecule has 0 aromatic heterocycles. The van der Waals surface area contributed by atoms with E-state index < -0.39 is 11.9 Å². The van der Waals surface area contributed by atoms with Crippen LogP contribution in [-0.4, -0.2) is 40.1 Å². The number of hydrogen-bond acceptors (Lipinski definition) is 3. The first-order chi connectivity index (χ1) is 18.6. The van der Waals surface area contributed by atoms with Crippen molar-refractivity contribution in [2.45, 2.75) is 59.4 Å². The molecule has 2 aliphatic rings. The van der Waals surface area contributed by atoms with Crippen molar-refractivity contribution in [1.29, 1.82) is 0 Å². The zero-order chi connectivity index (χ0) is 30.4. The van der Waals surface area contributed by atoms with E-state index in [1.807, 2.05) is 29.6 Å². The zero-order valence-corrected chi connectivity index (χ0v) is 24.8. The summed E-state index contributed by atoms with van der Waals surface area (Å²) in [5.74, 6) is -2.74. The number of aliphatic carboxylic acids is 2. The summed E-state index contributed by atoms with van der Waals surface area (Å²) in [5, 5.41) is 16.3. The number of hydrogen-bond donors (Lipinski definition) is 2. The molecule has 0 bridgehead atoms. The number of rotatable bonds is 4. The first-order valence-corrected chi connectivity index (χ1v) is 12.9. The van der Waals surface area contributed by atoms with Crippen molar-refractivity contribution < 1.29 is 45.2 Å². The number of fused-ring (bicyclic) bond motifs is 1. The smallest absolute Gasteiger partial charge is 0.328 e. The molecule has 0 saturated carbocycles. The van der Waals surface area contributed by atoms with Gasteiger partial charge in [0.15, 0.2) is 0 Å². The molecule has 1 heterocycles. The summed E-state index contributed by atoms with van der Waals surface area (Å²) in [6.45, 7) is 8.56. The van der Waals surface area contributed by atoms with Crippen LogP contribution in [-0.2, 0) is 28.1 Å². The summed E-state index contributed by atoms with van der Waals surface area (Å²) < 4.78 is 42.9. The van der Waals surface area contributed by atoms with Gasteiger partial charge in [-0.05, 0) is 60.0 Å². The fourth-order valence-electron chi connectivity index (χ4n) is 4.56. The van der Waals surface area contributed by atoms with Crippen LogP contribution in [0.5, 0.6) is 0 Å². The minimum atomic E-state index is -1.26. The monoisotopic (exact) mass is 682 g/mol. The molecule has 4 rings (SSSR count). The Morgan fingerprint density at radius 3 is 2.24 bits per heavy atom. The molecule has 0 amide bonds. The van der Waals surface area contributed by atoms with Gasteiger partial charge in [0, 0.05) is 54.2 Å². The second-order valence-corrected chi connectivity index (χ2v) is 10.8. The Kier molecular flexibility index (Phi) is 12.8. The predicted octanol–water partition coefficient (Wildman–Crippen LogP) is 7.99. The van der Waals surface area contributed by atoms with Gasteiger partial charge < -0.3 is 32.8 Å². The molecule has 1 aliphatic heterocycles. The maximum atomic E-state index is 9.55. The summed E-state index contributed by atoms with van der Waals surface area (Å²) in [6.07, 6.45) is 4.16. The maximum absolute atomic E-state index is 9.55. The van der Waals surface area contributed by atoms with Crippen LogP contribution >= 0.6 is 34.2 Å². The molecule has 0 unspecified atom stereocenters. The second kappa shape index (κ2) is 17.3. The molecule has 1 saturated heterocycles. The van der Waals surface area contributed by atoms with E-state index in [0.717, 1.165) is 30.6 Å². The van der Waals surface area contributed by atoms with Crippen molar-refractivity contribution >= 4 is 46.1 Å². The minimum Gasteiger partial charge on any atom is -0.478 e. The fourth-order valence-corrected chi connectivity index (χ4v) is 4.74. The molecule has 203 valence electrons. The SMILES string of the molecule is C.C[CH-]I.O=C(O)/C=C\C(=O)O.[2H]c1c([2H])c([2H])c([C@H]2C[C@H](N3CCCC(C)(C)C3)c3cc(Cl)ccc32)c([2H])c1[2H].[V]. The zero-order valence-electron chi connectivity index (χ0n) is 25.5. The van der Waals surface area contributed by atoms with Crippen LogP contribution < -0.4 is 0 Å². The molecule has 1 fully saturated rings. The van der Waals surface area contributed by atoms with Gasteiger partial charge in [0.2, 0.25) is 0 Å². The van der Waals surface area contributed by atoms with Gasteiger partial charge in [-0.15, -0.1) is 0 Å². The Bertz CT molecular complexity index is 1240. The van der Waals surface area contributed by atoms with Crippen LogP contribution in [0, 0.1) is 9.84 Å². The largest absolute Gasteiger partial charge is 0.478 e. The molecular weight excluding hydrogens is 640 g/mol. The molecule has 2 N–H and O–H groups in total. The normalized spacial score (nSPS) is 21.5. The second-order valence-electron chi connectivity index (χ2n) is 9.08. The number of nitrogens with zero attached hydrogens (tertiary/aromatic N) is 1. The van der Waals surface area contributed by atoms with Crippen LogP contribution in [0.2, 0.25) is 5.02 Å². The summed E-state index contributed by atoms with van der Waals surface area (Å²) in [6, 6.07) is 4.89. The third kappa shape index (κ3) is 11.5. The number of halogens is 2. The molecule has 1 aliphatic carbocycles. The Balaban J connectivity index is 0.00000111. The van der Waals surface area contributed by atoms with E-state index in [1.54, 1.807) is 0 Å². The van der Waals surface area contributed by atoms with Crippen molar-refractivity contribution in [3.8, 4) is 0 Å². The molecule has 37 heavy (non-hydrogen) atoms. The number of carboxylic acid groups (broad SMARTS) is 2. The van der Waals surface area contributed by atoms with Crippen LogP contribution in [0.15, 0.2) is 60.6 Å². The van der Waals surface area contributed by atoms with Gasteiger partial charge in [0.1, 0.15) is 0 Å². The quantitative estimate of drug-likeness (QED) is 0.194. The Hall–Kier alpha value is -1.32. The van der Waals surface area contributed by atoms with Gasteiger partial charge in [-0.2, -0.15) is 6.92 Å². The van der Waals surface area contributed by atoms with Gasteiger partial charge in [-0.25, -0.2) is 9.59 Å². The third-order valence-electron chi connectivity index (χ3n) is 5.85. The van der Waals surface area contributed by atoms with Crippen molar-refractivity contribution in [1.82, 2.24) is 4.90 Å². The van der Waals surface area contributed by atoms with Crippen molar-refractivity contribution in [2.24, 2.45) is 5.41 Å². The number of carbonyl (C=O) groups is 2. The predicted molar refractivity (Wildman–Crippen MR) is 157 cm³/mol. The molecule has 0 spiro atoms. The van der Waals surface area contributed by atoms with Crippen LogP contribution in [0.25, 0.3) is 0 Å². The Morgan fingerprint density at radius 1 is 1.16 bits per heavy atom. The summed E-state index contributed by atoms with van der Waals surface area (Å²) in [5.41, 5.74) is 2.80. The van der Waals surface area contributed by atoms with E-state index in [-0.39, 0.29) is 73.6 Å². The molecule has 2 aromatic carbocycles. The van der Waals surface area contributed by atoms with Gasteiger partial charge in [-0.3, -0.25) is 9.33 Å². The topological polar surface area (TPSA) is 77.8 Å². The number of likely N-dealkylation sites (tertiary alicyclic amines) is 1. The molecular formula is C29H38ClINO4V-. The third-order valence-corrected chi connectivity index (χ3v) is 6.08. The first-order valence-electron chi connectivity index (χ1n) is 13.8. The van der Waals surface area contributed by atoms with E-state index in [0.29, 0.717) is 29.2 Å². The van der Waals surface area contributed by atoms with Gasteiger partial charge >= 0.3 is 11.9 Å². The average molecular weight is 683 g/mol.